The molecule has 9 heteroatoms. The first-order chi connectivity index (χ1) is 16.6. The lowest BCUT2D eigenvalue weighted by atomic mass is 9.85. The summed E-state index contributed by atoms with van der Waals surface area (Å²) in [6, 6.07) is 2.86. The minimum Gasteiger partial charge on any atom is -0.396 e. The molecular formula is C25H41N5O3S. The molecule has 8 nitrogen and oxygen atoms in total. The van der Waals surface area contributed by atoms with Gasteiger partial charge in [-0.3, -0.25) is 9.80 Å². The van der Waals surface area contributed by atoms with Gasteiger partial charge in [0, 0.05) is 79.5 Å². The van der Waals surface area contributed by atoms with Crippen LogP contribution in [-0.2, 0) is 19.4 Å². The molecule has 190 valence electrons. The summed E-state index contributed by atoms with van der Waals surface area (Å²) in [5.74, 6) is 1.17. The predicted molar refractivity (Wildman–Crippen MR) is 137 cm³/mol. The van der Waals surface area contributed by atoms with E-state index in [1.807, 2.05) is 28.6 Å². The van der Waals surface area contributed by atoms with Crippen molar-refractivity contribution in [1.29, 1.82) is 0 Å². The Labute approximate surface area is 207 Å². The summed E-state index contributed by atoms with van der Waals surface area (Å²) in [5.41, 5.74) is 2.58. The molecule has 3 rings (SSSR count). The van der Waals surface area contributed by atoms with Crippen molar-refractivity contribution in [2.24, 2.45) is 0 Å². The monoisotopic (exact) mass is 491 g/mol. The molecular weight excluding hydrogens is 450 g/mol. The van der Waals surface area contributed by atoms with Crippen molar-refractivity contribution < 1.29 is 15.3 Å². The van der Waals surface area contributed by atoms with Gasteiger partial charge < -0.3 is 20.6 Å². The zero-order chi connectivity index (χ0) is 24.3. The number of aromatic nitrogens is 2. The Bertz CT molecular complexity index is 842. The lowest BCUT2D eigenvalue weighted by Gasteiger charge is -2.38. The van der Waals surface area contributed by atoms with Crippen molar-refractivity contribution >= 4 is 17.3 Å². The molecule has 0 radical (unpaired) electrons. The first-order valence-electron chi connectivity index (χ1n) is 12.5. The van der Waals surface area contributed by atoms with Crippen LogP contribution >= 0.6 is 11.3 Å². The summed E-state index contributed by atoms with van der Waals surface area (Å²) in [6.07, 6.45) is 7.91. The van der Waals surface area contributed by atoms with E-state index in [9.17, 15) is 5.11 Å². The minimum absolute atomic E-state index is 0.0811. The SMILES string of the molecule is CCc1cc(C2CCN(Cc3cnc(NCCN(CCO)CCO)nc3)C(C)C2)c(CCO)s1. The van der Waals surface area contributed by atoms with Gasteiger partial charge in [0.05, 0.1) is 13.2 Å². The van der Waals surface area contributed by atoms with E-state index in [0.717, 1.165) is 44.3 Å². The van der Waals surface area contributed by atoms with Crippen LogP contribution in [-0.4, -0.2) is 93.7 Å². The van der Waals surface area contributed by atoms with Crippen molar-refractivity contribution in [1.82, 2.24) is 19.8 Å². The highest BCUT2D eigenvalue weighted by Crippen LogP contribution is 2.38. The highest BCUT2D eigenvalue weighted by molar-refractivity contribution is 7.12. The van der Waals surface area contributed by atoms with Gasteiger partial charge in [0.2, 0.25) is 5.95 Å². The molecule has 3 heterocycles. The maximum Gasteiger partial charge on any atom is 0.222 e. The summed E-state index contributed by atoms with van der Waals surface area (Å²) in [5, 5.41) is 30.9. The van der Waals surface area contributed by atoms with Crippen molar-refractivity contribution in [3.8, 4) is 0 Å². The van der Waals surface area contributed by atoms with E-state index in [4.69, 9.17) is 10.2 Å². The van der Waals surface area contributed by atoms with Gasteiger partial charge in [0.15, 0.2) is 0 Å². The fraction of sp³-hybridized carbons (Fsp3) is 0.680. The number of nitrogens with one attached hydrogen (secondary N) is 1. The summed E-state index contributed by atoms with van der Waals surface area (Å²) >= 11 is 1.87. The van der Waals surface area contributed by atoms with Gasteiger partial charge in [0.1, 0.15) is 0 Å². The molecule has 1 aliphatic rings. The van der Waals surface area contributed by atoms with Gasteiger partial charge >= 0.3 is 0 Å². The average Bonchev–Trinajstić information content (AvgIpc) is 3.25. The number of hydrogen-bond acceptors (Lipinski definition) is 9. The third kappa shape index (κ3) is 7.69. The summed E-state index contributed by atoms with van der Waals surface area (Å²) < 4.78 is 0. The lowest BCUT2D eigenvalue weighted by molar-refractivity contribution is 0.138. The van der Waals surface area contributed by atoms with Gasteiger partial charge in [-0.2, -0.15) is 0 Å². The first kappa shape index (κ1) is 27.0. The zero-order valence-electron chi connectivity index (χ0n) is 20.6. The van der Waals surface area contributed by atoms with Crippen LogP contribution in [0.15, 0.2) is 18.5 Å². The van der Waals surface area contributed by atoms with E-state index in [1.54, 1.807) is 0 Å². The molecule has 2 aromatic rings. The Morgan fingerprint density at radius 1 is 1.12 bits per heavy atom. The molecule has 0 aliphatic carbocycles. The van der Waals surface area contributed by atoms with Crippen molar-refractivity contribution in [2.45, 2.75) is 58.0 Å². The van der Waals surface area contributed by atoms with Crippen molar-refractivity contribution in [2.75, 3.05) is 57.9 Å². The number of anilines is 1. The molecule has 2 atom stereocenters. The second kappa shape index (κ2) is 14.1. The van der Waals surface area contributed by atoms with Crippen LogP contribution in [0.5, 0.6) is 0 Å². The molecule has 0 spiro atoms. The highest BCUT2D eigenvalue weighted by Gasteiger charge is 2.28. The van der Waals surface area contributed by atoms with Crippen LogP contribution in [0.1, 0.15) is 53.5 Å². The fourth-order valence-electron chi connectivity index (χ4n) is 4.76. The number of thiophene rings is 1. The predicted octanol–water partition coefficient (Wildman–Crippen LogP) is 2.10. The number of nitrogens with zero attached hydrogens (tertiary/aromatic N) is 4. The number of aliphatic hydroxyl groups excluding tert-OH is 3. The second-order valence-electron chi connectivity index (χ2n) is 9.09. The molecule has 2 unspecified atom stereocenters. The lowest BCUT2D eigenvalue weighted by Crippen LogP contribution is -2.39. The number of aliphatic hydroxyl groups is 3. The molecule has 2 aromatic heterocycles. The van der Waals surface area contributed by atoms with Crippen LogP contribution in [0.2, 0.25) is 0 Å². The van der Waals surface area contributed by atoms with Crippen LogP contribution in [0, 0.1) is 0 Å². The van der Waals surface area contributed by atoms with E-state index < -0.39 is 0 Å². The maximum absolute atomic E-state index is 9.48. The number of rotatable bonds is 14. The average molecular weight is 492 g/mol. The van der Waals surface area contributed by atoms with Gasteiger partial charge in [-0.15, -0.1) is 11.3 Å². The molecule has 34 heavy (non-hydrogen) atoms. The number of aryl methyl sites for hydroxylation is 1. The van der Waals surface area contributed by atoms with Crippen LogP contribution in [0.25, 0.3) is 0 Å². The highest BCUT2D eigenvalue weighted by atomic mass is 32.1. The van der Waals surface area contributed by atoms with E-state index in [1.165, 1.54) is 15.3 Å². The minimum atomic E-state index is 0.0811. The smallest absolute Gasteiger partial charge is 0.222 e. The number of likely N-dealkylation sites (tertiary alicyclic amines) is 1. The molecule has 4 N–H and O–H groups in total. The zero-order valence-corrected chi connectivity index (χ0v) is 21.4. The third-order valence-corrected chi connectivity index (χ3v) is 8.02. The Kier molecular flexibility index (Phi) is 11.2. The summed E-state index contributed by atoms with van der Waals surface area (Å²) in [4.78, 5) is 16.3. The van der Waals surface area contributed by atoms with Gasteiger partial charge in [-0.25, -0.2) is 9.97 Å². The van der Waals surface area contributed by atoms with Gasteiger partial charge in [0.25, 0.3) is 0 Å². The molecule has 0 bridgehead atoms. The number of hydrogen-bond donors (Lipinski definition) is 4. The topological polar surface area (TPSA) is 105 Å². The largest absolute Gasteiger partial charge is 0.396 e. The molecule has 1 aliphatic heterocycles. The van der Waals surface area contributed by atoms with Gasteiger partial charge in [-0.1, -0.05) is 6.92 Å². The van der Waals surface area contributed by atoms with Crippen LogP contribution in [0.3, 0.4) is 0 Å². The third-order valence-electron chi connectivity index (χ3n) is 6.67. The Balaban J connectivity index is 1.49. The molecule has 0 amide bonds. The molecule has 1 saturated heterocycles. The summed E-state index contributed by atoms with van der Waals surface area (Å²) in [6.45, 7) is 9.26. The van der Waals surface area contributed by atoms with Crippen molar-refractivity contribution in [3.05, 3.63) is 39.3 Å². The molecule has 0 aromatic carbocycles. The van der Waals surface area contributed by atoms with Crippen LogP contribution in [0.4, 0.5) is 5.95 Å². The van der Waals surface area contributed by atoms with Crippen molar-refractivity contribution in [3.63, 3.8) is 0 Å². The Morgan fingerprint density at radius 2 is 1.85 bits per heavy atom. The van der Waals surface area contributed by atoms with E-state index in [0.29, 0.717) is 44.1 Å². The molecule has 0 saturated carbocycles. The second-order valence-corrected chi connectivity index (χ2v) is 10.3. The Hall–Kier alpha value is -1.62. The standard InChI is InChI=1S/C25H41N5O3S/c1-3-22-15-23(24(34-22)5-11-31)21-4-7-30(19(2)14-21)18-20-16-27-25(28-17-20)26-6-8-29(9-12-32)10-13-33/h15-17,19,21,31-33H,3-14,18H2,1-2H3,(H,26,27,28). The maximum atomic E-state index is 9.48. The molecule has 1 fully saturated rings. The Morgan fingerprint density at radius 3 is 2.47 bits per heavy atom. The number of piperidine rings is 1. The normalized spacial score (nSPS) is 19.1. The van der Waals surface area contributed by atoms with Crippen LogP contribution < -0.4 is 5.32 Å². The van der Waals surface area contributed by atoms with E-state index >= 15 is 0 Å². The first-order valence-corrected chi connectivity index (χ1v) is 13.3. The van der Waals surface area contributed by atoms with Gasteiger partial charge in [-0.05, 0) is 50.3 Å². The van der Waals surface area contributed by atoms with E-state index in [2.05, 4.69) is 40.1 Å². The quantitative estimate of drug-likeness (QED) is 0.319. The fourth-order valence-corrected chi connectivity index (χ4v) is 5.95. The van der Waals surface area contributed by atoms with E-state index in [-0.39, 0.29) is 19.8 Å². The summed E-state index contributed by atoms with van der Waals surface area (Å²) in [7, 11) is 0.